The van der Waals surface area contributed by atoms with Crippen molar-refractivity contribution in [2.45, 2.75) is 25.7 Å². The lowest BCUT2D eigenvalue weighted by atomic mass is 9.91. The van der Waals surface area contributed by atoms with E-state index >= 15 is 0 Å². The number of hydrogen-bond acceptors (Lipinski definition) is 4. The summed E-state index contributed by atoms with van der Waals surface area (Å²) in [5.74, 6) is 0.421. The Morgan fingerprint density at radius 2 is 2.17 bits per heavy atom. The summed E-state index contributed by atoms with van der Waals surface area (Å²) >= 11 is 0. The van der Waals surface area contributed by atoms with Crippen molar-refractivity contribution >= 4 is 23.5 Å². The first kappa shape index (κ1) is 17.8. The van der Waals surface area contributed by atoms with Crippen LogP contribution in [0.1, 0.15) is 31.2 Å². The van der Waals surface area contributed by atoms with Crippen LogP contribution in [0, 0.1) is 0 Å². The first-order valence-corrected chi connectivity index (χ1v) is 8.11. The normalized spacial score (nSPS) is 16.8. The van der Waals surface area contributed by atoms with E-state index in [2.05, 4.69) is 25.7 Å². The molecule has 1 unspecified atom stereocenters. The molecule has 7 heteroatoms. The van der Waals surface area contributed by atoms with E-state index in [4.69, 9.17) is 0 Å². The zero-order valence-electron chi connectivity index (χ0n) is 14.1. The van der Waals surface area contributed by atoms with Gasteiger partial charge in [0.1, 0.15) is 0 Å². The largest absolute Gasteiger partial charge is 0.469 e. The van der Waals surface area contributed by atoms with Crippen molar-refractivity contribution in [2.24, 2.45) is 4.99 Å². The predicted octanol–water partition coefficient (Wildman–Crippen LogP) is 1.23. The Kier molecular flexibility index (Phi) is 6.60. The highest BCUT2D eigenvalue weighted by Gasteiger charge is 2.24. The molecule has 1 aromatic rings. The van der Waals surface area contributed by atoms with Crippen molar-refractivity contribution in [3.8, 4) is 0 Å². The van der Waals surface area contributed by atoms with Gasteiger partial charge in [-0.05, 0) is 18.6 Å². The Hall–Kier alpha value is -2.57. The topological polar surface area (TPSA) is 91.8 Å². The Morgan fingerprint density at radius 1 is 1.38 bits per heavy atom. The SMILES string of the molecule is CCNC(=NCC1CC(=O)Nc2ccccc21)NCCC(=O)OC. The van der Waals surface area contributed by atoms with Crippen LogP contribution < -0.4 is 16.0 Å². The number of benzene rings is 1. The number of ether oxygens (including phenoxy) is 1. The third-order valence-corrected chi connectivity index (χ3v) is 3.77. The molecular formula is C17H24N4O3. The molecule has 3 N–H and O–H groups in total. The highest BCUT2D eigenvalue weighted by atomic mass is 16.5. The molecule has 0 bridgehead atoms. The molecule has 1 aliphatic heterocycles. The van der Waals surface area contributed by atoms with Crippen LogP contribution in [0.5, 0.6) is 0 Å². The average Bonchev–Trinajstić information content (AvgIpc) is 2.59. The van der Waals surface area contributed by atoms with Gasteiger partial charge in [-0.2, -0.15) is 0 Å². The smallest absolute Gasteiger partial charge is 0.307 e. The standard InChI is InChI=1S/C17H24N4O3/c1-3-18-17(19-9-8-16(23)24-2)20-11-12-10-15(22)21-14-7-5-4-6-13(12)14/h4-7,12H,3,8-11H2,1-2H3,(H,21,22)(H2,18,19,20). The van der Waals surface area contributed by atoms with Gasteiger partial charge in [0.15, 0.2) is 5.96 Å². The van der Waals surface area contributed by atoms with Gasteiger partial charge in [-0.25, -0.2) is 0 Å². The summed E-state index contributed by atoms with van der Waals surface area (Å²) < 4.78 is 4.61. The second-order valence-corrected chi connectivity index (χ2v) is 5.51. The van der Waals surface area contributed by atoms with Gasteiger partial charge in [-0.1, -0.05) is 18.2 Å². The van der Waals surface area contributed by atoms with Gasteiger partial charge in [0.2, 0.25) is 5.91 Å². The minimum Gasteiger partial charge on any atom is -0.469 e. The van der Waals surface area contributed by atoms with Crippen molar-refractivity contribution < 1.29 is 14.3 Å². The zero-order valence-corrected chi connectivity index (χ0v) is 14.1. The number of amides is 1. The van der Waals surface area contributed by atoms with Crippen LogP contribution in [0.3, 0.4) is 0 Å². The van der Waals surface area contributed by atoms with E-state index in [-0.39, 0.29) is 24.2 Å². The van der Waals surface area contributed by atoms with Crippen LogP contribution >= 0.6 is 0 Å². The van der Waals surface area contributed by atoms with Gasteiger partial charge in [0.05, 0.1) is 20.1 Å². The van der Waals surface area contributed by atoms with Gasteiger partial charge in [-0.3, -0.25) is 14.6 Å². The molecule has 0 aromatic heterocycles. The van der Waals surface area contributed by atoms with E-state index < -0.39 is 0 Å². The van der Waals surface area contributed by atoms with Crippen molar-refractivity contribution in [1.82, 2.24) is 10.6 Å². The van der Waals surface area contributed by atoms with E-state index in [9.17, 15) is 9.59 Å². The molecule has 0 saturated heterocycles. The molecule has 7 nitrogen and oxygen atoms in total. The number of carbonyl (C=O) groups is 2. The van der Waals surface area contributed by atoms with Crippen molar-refractivity contribution in [3.63, 3.8) is 0 Å². The second-order valence-electron chi connectivity index (χ2n) is 5.51. The fourth-order valence-corrected chi connectivity index (χ4v) is 2.59. The molecule has 2 rings (SSSR count). The number of nitrogens with one attached hydrogen (secondary N) is 3. The monoisotopic (exact) mass is 332 g/mol. The lowest BCUT2D eigenvalue weighted by molar-refractivity contribution is -0.140. The summed E-state index contributed by atoms with van der Waals surface area (Å²) in [5.41, 5.74) is 1.96. The Labute approximate surface area is 141 Å². The number of hydrogen-bond donors (Lipinski definition) is 3. The quantitative estimate of drug-likeness (QED) is 0.414. The number of methoxy groups -OCH3 is 1. The first-order valence-electron chi connectivity index (χ1n) is 8.11. The van der Waals surface area contributed by atoms with Crippen molar-refractivity contribution in [1.29, 1.82) is 0 Å². The number of nitrogens with zero attached hydrogens (tertiary/aromatic N) is 1. The number of aliphatic imine (C=N–C) groups is 1. The number of rotatable bonds is 6. The molecular weight excluding hydrogens is 308 g/mol. The zero-order chi connectivity index (χ0) is 17.4. The maximum Gasteiger partial charge on any atom is 0.307 e. The number of anilines is 1. The molecule has 130 valence electrons. The van der Waals surface area contributed by atoms with E-state index in [0.29, 0.717) is 32.0 Å². The molecule has 1 atom stereocenters. The van der Waals surface area contributed by atoms with Gasteiger partial charge in [0, 0.05) is 31.1 Å². The van der Waals surface area contributed by atoms with Crippen LogP contribution in [0.2, 0.25) is 0 Å². The molecule has 1 aliphatic rings. The van der Waals surface area contributed by atoms with Gasteiger partial charge < -0.3 is 20.7 Å². The van der Waals surface area contributed by atoms with Crippen LogP contribution in [-0.4, -0.2) is 44.6 Å². The maximum absolute atomic E-state index is 11.8. The predicted molar refractivity (Wildman–Crippen MR) is 93.0 cm³/mol. The molecule has 0 radical (unpaired) electrons. The summed E-state index contributed by atoms with van der Waals surface area (Å²) in [7, 11) is 1.37. The Balaban J connectivity index is 2.00. The summed E-state index contributed by atoms with van der Waals surface area (Å²) in [6.45, 7) is 3.63. The summed E-state index contributed by atoms with van der Waals surface area (Å²) in [5, 5.41) is 9.12. The Bertz CT molecular complexity index is 616. The molecule has 0 fully saturated rings. The van der Waals surface area contributed by atoms with E-state index in [0.717, 1.165) is 11.3 Å². The fraction of sp³-hybridized carbons (Fsp3) is 0.471. The van der Waals surface area contributed by atoms with Crippen LogP contribution in [0.4, 0.5) is 5.69 Å². The van der Waals surface area contributed by atoms with E-state index in [1.807, 2.05) is 31.2 Å². The number of carbonyl (C=O) groups excluding carboxylic acids is 2. The van der Waals surface area contributed by atoms with Gasteiger partial charge in [0.25, 0.3) is 0 Å². The van der Waals surface area contributed by atoms with Crippen molar-refractivity contribution in [3.05, 3.63) is 29.8 Å². The summed E-state index contributed by atoms with van der Waals surface area (Å²) in [6, 6.07) is 7.80. The van der Waals surface area contributed by atoms with Gasteiger partial charge in [-0.15, -0.1) is 0 Å². The highest BCUT2D eigenvalue weighted by Crippen LogP contribution is 2.31. The summed E-state index contributed by atoms with van der Waals surface area (Å²) in [4.78, 5) is 27.6. The third kappa shape index (κ3) is 4.97. The minimum atomic E-state index is -0.267. The van der Waals surface area contributed by atoms with E-state index in [1.54, 1.807) is 0 Å². The average molecular weight is 332 g/mol. The molecule has 0 saturated carbocycles. The van der Waals surface area contributed by atoms with Crippen LogP contribution in [-0.2, 0) is 14.3 Å². The number of esters is 1. The Morgan fingerprint density at radius 3 is 2.92 bits per heavy atom. The minimum absolute atomic E-state index is 0.0116. The van der Waals surface area contributed by atoms with Crippen LogP contribution in [0.15, 0.2) is 29.3 Å². The lowest BCUT2D eigenvalue weighted by Gasteiger charge is -2.24. The first-order chi connectivity index (χ1) is 11.6. The molecule has 1 aromatic carbocycles. The van der Waals surface area contributed by atoms with Gasteiger partial charge >= 0.3 is 5.97 Å². The maximum atomic E-state index is 11.8. The lowest BCUT2D eigenvalue weighted by Crippen LogP contribution is -2.39. The third-order valence-electron chi connectivity index (χ3n) is 3.77. The highest BCUT2D eigenvalue weighted by molar-refractivity contribution is 5.94. The molecule has 0 spiro atoms. The molecule has 24 heavy (non-hydrogen) atoms. The number of guanidine groups is 1. The molecule has 0 aliphatic carbocycles. The molecule has 1 heterocycles. The number of para-hydroxylation sites is 1. The van der Waals surface area contributed by atoms with Crippen LogP contribution in [0.25, 0.3) is 0 Å². The number of fused-ring (bicyclic) bond motifs is 1. The second kappa shape index (κ2) is 8.90. The fourth-order valence-electron chi connectivity index (χ4n) is 2.59. The van der Waals surface area contributed by atoms with Crippen molar-refractivity contribution in [2.75, 3.05) is 32.1 Å². The summed E-state index contributed by atoms with van der Waals surface area (Å²) in [6.07, 6.45) is 0.692. The van der Waals surface area contributed by atoms with E-state index in [1.165, 1.54) is 7.11 Å². The molecule has 1 amide bonds.